The van der Waals surface area contributed by atoms with Crippen LogP contribution >= 0.6 is 0 Å². The minimum Gasteiger partial charge on any atom is -0.345 e. The molecule has 12 heteroatoms. The highest BCUT2D eigenvalue weighted by molar-refractivity contribution is 5.97. The molecule has 0 bridgehead atoms. The first-order chi connectivity index (χ1) is 18.1. The van der Waals surface area contributed by atoms with Gasteiger partial charge in [0.05, 0.1) is 6.67 Å². The van der Waals surface area contributed by atoms with Crippen LogP contribution in [0, 0.1) is 11.8 Å². The SMILES string of the molecule is C[C@H](C(=O)NCC(F)(F)F)N1CN(c2ccccc2)C2(CCN(C(=O)C3CCC4NNCC4C3)CC2)C1=O. The van der Waals surface area contributed by atoms with Crippen LogP contribution in [0.5, 0.6) is 0 Å². The summed E-state index contributed by atoms with van der Waals surface area (Å²) in [6, 6.07) is 8.69. The molecule has 0 radical (unpaired) electrons. The van der Waals surface area contributed by atoms with Crippen LogP contribution in [0.4, 0.5) is 18.9 Å². The molecule has 4 aliphatic rings. The van der Waals surface area contributed by atoms with Gasteiger partial charge in [0.25, 0.3) is 5.91 Å². The fourth-order valence-electron chi connectivity index (χ4n) is 6.51. The van der Waals surface area contributed by atoms with E-state index in [1.807, 2.05) is 45.4 Å². The number of nitrogens with one attached hydrogen (secondary N) is 3. The summed E-state index contributed by atoms with van der Waals surface area (Å²) in [5, 5.41) is 1.90. The number of hydrogen-bond acceptors (Lipinski definition) is 6. The number of halogens is 3. The van der Waals surface area contributed by atoms with Crippen LogP contribution in [0.25, 0.3) is 0 Å². The van der Waals surface area contributed by atoms with Crippen molar-refractivity contribution in [1.29, 1.82) is 0 Å². The van der Waals surface area contributed by atoms with Crippen LogP contribution in [-0.2, 0) is 14.4 Å². The average molecular weight is 537 g/mol. The lowest BCUT2D eigenvalue weighted by molar-refractivity contribution is -0.147. The van der Waals surface area contributed by atoms with E-state index < -0.39 is 30.2 Å². The Hall–Kier alpha value is -2.86. The summed E-state index contributed by atoms with van der Waals surface area (Å²) in [5.41, 5.74) is 6.31. The average Bonchev–Trinajstić information content (AvgIpc) is 3.49. The maximum atomic E-state index is 13.9. The molecule has 0 aromatic heterocycles. The first kappa shape index (κ1) is 26.7. The number of likely N-dealkylation sites (tertiary alicyclic amines) is 1. The predicted octanol–water partition coefficient (Wildman–Crippen LogP) is 1.61. The quantitative estimate of drug-likeness (QED) is 0.529. The lowest BCUT2D eigenvalue weighted by Crippen LogP contribution is -2.58. The van der Waals surface area contributed by atoms with Gasteiger partial charge >= 0.3 is 6.18 Å². The summed E-state index contributed by atoms with van der Waals surface area (Å²) in [6.45, 7) is 1.78. The number of nitrogens with zero attached hydrogens (tertiary/aromatic N) is 3. The third-order valence-electron chi connectivity index (χ3n) is 8.73. The van der Waals surface area contributed by atoms with Crippen LogP contribution in [0.1, 0.15) is 39.0 Å². The van der Waals surface area contributed by atoms with E-state index in [1.54, 1.807) is 0 Å². The molecular formula is C26H35F3N6O3. The first-order valence-electron chi connectivity index (χ1n) is 13.3. The van der Waals surface area contributed by atoms with Gasteiger partial charge in [-0.05, 0) is 57.1 Å². The second-order valence-electron chi connectivity index (χ2n) is 10.9. The highest BCUT2D eigenvalue weighted by Crippen LogP contribution is 2.41. The van der Waals surface area contributed by atoms with Crippen LogP contribution in [0.15, 0.2) is 30.3 Å². The Balaban J connectivity index is 1.30. The highest BCUT2D eigenvalue weighted by atomic mass is 19.4. The summed E-state index contributed by atoms with van der Waals surface area (Å²) >= 11 is 0. The number of alkyl halides is 3. The Morgan fingerprint density at radius 2 is 1.87 bits per heavy atom. The van der Waals surface area contributed by atoms with Gasteiger partial charge in [-0.2, -0.15) is 13.2 Å². The highest BCUT2D eigenvalue weighted by Gasteiger charge is 2.56. The summed E-state index contributed by atoms with van der Waals surface area (Å²) in [5.74, 6) is -0.576. The molecule has 9 nitrogen and oxygen atoms in total. The molecule has 1 spiro atoms. The molecular weight excluding hydrogens is 501 g/mol. The Kier molecular flexibility index (Phi) is 7.29. The van der Waals surface area contributed by atoms with Gasteiger partial charge in [0.15, 0.2) is 0 Å². The zero-order valence-electron chi connectivity index (χ0n) is 21.5. The fraction of sp³-hybridized carbons (Fsp3) is 0.654. The number of rotatable bonds is 5. The minimum absolute atomic E-state index is 0.0228. The molecule has 3 heterocycles. The van der Waals surface area contributed by atoms with Crippen molar-refractivity contribution in [2.75, 3.05) is 37.7 Å². The zero-order valence-corrected chi connectivity index (χ0v) is 21.5. The molecule has 3 saturated heterocycles. The number of carbonyl (C=O) groups is 3. The van der Waals surface area contributed by atoms with Crippen molar-refractivity contribution in [2.24, 2.45) is 11.8 Å². The van der Waals surface area contributed by atoms with E-state index in [-0.39, 0.29) is 24.4 Å². The van der Waals surface area contributed by atoms with Crippen LogP contribution < -0.4 is 21.1 Å². The van der Waals surface area contributed by atoms with Gasteiger partial charge < -0.3 is 20.0 Å². The molecule has 3 N–H and O–H groups in total. The first-order valence-corrected chi connectivity index (χ1v) is 13.3. The topological polar surface area (TPSA) is 97.0 Å². The van der Waals surface area contributed by atoms with Gasteiger partial charge in [0, 0.05) is 37.3 Å². The molecule has 1 aromatic carbocycles. The van der Waals surface area contributed by atoms with Crippen molar-refractivity contribution in [3.05, 3.63) is 30.3 Å². The Morgan fingerprint density at radius 3 is 2.55 bits per heavy atom. The number of para-hydroxylation sites is 1. The third-order valence-corrected chi connectivity index (χ3v) is 8.73. The van der Waals surface area contributed by atoms with E-state index in [0.717, 1.165) is 31.5 Å². The molecule has 4 fully saturated rings. The van der Waals surface area contributed by atoms with E-state index in [1.165, 1.54) is 11.8 Å². The molecule has 208 valence electrons. The maximum Gasteiger partial charge on any atom is 0.405 e. The van der Waals surface area contributed by atoms with Crippen LogP contribution in [0.2, 0.25) is 0 Å². The molecule has 5 rings (SSSR count). The van der Waals surface area contributed by atoms with Crippen LogP contribution in [-0.4, -0.2) is 84.2 Å². The van der Waals surface area contributed by atoms with E-state index in [4.69, 9.17) is 0 Å². The van der Waals surface area contributed by atoms with Crippen molar-refractivity contribution in [1.82, 2.24) is 26.0 Å². The number of hydrazine groups is 1. The molecule has 1 aliphatic carbocycles. The fourth-order valence-corrected chi connectivity index (χ4v) is 6.51. The molecule has 3 aliphatic heterocycles. The molecule has 1 saturated carbocycles. The maximum absolute atomic E-state index is 13.9. The lowest BCUT2D eigenvalue weighted by Gasteiger charge is -2.44. The van der Waals surface area contributed by atoms with Gasteiger partial charge in [-0.25, -0.2) is 0 Å². The van der Waals surface area contributed by atoms with Crippen molar-refractivity contribution in [2.45, 2.75) is 62.8 Å². The van der Waals surface area contributed by atoms with Crippen molar-refractivity contribution < 1.29 is 27.6 Å². The molecule has 1 aromatic rings. The molecule has 3 unspecified atom stereocenters. The third kappa shape index (κ3) is 5.07. The Morgan fingerprint density at radius 1 is 1.16 bits per heavy atom. The van der Waals surface area contributed by atoms with Gasteiger partial charge in [-0.1, -0.05) is 18.2 Å². The van der Waals surface area contributed by atoms with Gasteiger partial charge in [-0.15, -0.1) is 0 Å². The summed E-state index contributed by atoms with van der Waals surface area (Å²) < 4.78 is 38.0. The Bertz CT molecular complexity index is 1050. The van der Waals surface area contributed by atoms with Gasteiger partial charge in [0.2, 0.25) is 11.8 Å². The van der Waals surface area contributed by atoms with Gasteiger partial charge in [0.1, 0.15) is 18.1 Å². The lowest BCUT2D eigenvalue weighted by atomic mass is 9.77. The van der Waals surface area contributed by atoms with Crippen molar-refractivity contribution in [3.63, 3.8) is 0 Å². The smallest absolute Gasteiger partial charge is 0.345 e. The van der Waals surface area contributed by atoms with E-state index >= 15 is 0 Å². The molecule has 38 heavy (non-hydrogen) atoms. The predicted molar refractivity (Wildman–Crippen MR) is 133 cm³/mol. The summed E-state index contributed by atoms with van der Waals surface area (Å²) in [7, 11) is 0. The zero-order chi connectivity index (χ0) is 27.1. The van der Waals surface area contributed by atoms with E-state index in [2.05, 4.69) is 10.9 Å². The van der Waals surface area contributed by atoms with E-state index in [0.29, 0.717) is 37.9 Å². The normalized spacial score (nSPS) is 27.9. The van der Waals surface area contributed by atoms with Crippen molar-refractivity contribution >= 4 is 23.4 Å². The second kappa shape index (κ2) is 10.4. The number of benzene rings is 1. The number of amides is 3. The van der Waals surface area contributed by atoms with Crippen molar-refractivity contribution in [3.8, 4) is 0 Å². The number of carbonyl (C=O) groups excluding carboxylic acids is 3. The monoisotopic (exact) mass is 536 g/mol. The second-order valence-corrected chi connectivity index (χ2v) is 10.9. The minimum atomic E-state index is -4.54. The number of hydrogen-bond donors (Lipinski definition) is 3. The number of piperidine rings is 1. The summed E-state index contributed by atoms with van der Waals surface area (Å²) in [4.78, 5) is 45.0. The molecule has 4 atom stereocenters. The largest absolute Gasteiger partial charge is 0.405 e. The molecule has 3 amide bonds. The van der Waals surface area contributed by atoms with E-state index in [9.17, 15) is 27.6 Å². The standard InChI is InChI=1S/C26H35F3N6O3/c1-17(22(36)30-15-26(27,28)29)34-16-35(20-5-3-2-4-6-20)25(24(34)38)9-11-33(12-10-25)23(37)18-7-8-21-19(13-18)14-31-32-21/h2-6,17-19,21,31-32H,7-16H2,1H3,(H,30,36)/t17-,18?,19?,21?/m1/s1. The summed E-state index contributed by atoms with van der Waals surface area (Å²) in [6.07, 6.45) is -1.12. The Labute approximate surface area is 220 Å². The number of anilines is 1. The van der Waals surface area contributed by atoms with Crippen LogP contribution in [0.3, 0.4) is 0 Å². The van der Waals surface area contributed by atoms with Gasteiger partial charge in [-0.3, -0.25) is 25.2 Å². The number of fused-ring (bicyclic) bond motifs is 1.